The lowest BCUT2D eigenvalue weighted by molar-refractivity contribution is -0.121. The third kappa shape index (κ3) is 5.22. The van der Waals surface area contributed by atoms with Gasteiger partial charge in [-0.25, -0.2) is 4.98 Å². The number of aromatic nitrogens is 3. The summed E-state index contributed by atoms with van der Waals surface area (Å²) in [5.41, 5.74) is 2.36. The van der Waals surface area contributed by atoms with Crippen molar-refractivity contribution >= 4 is 29.1 Å². The number of nitrogens with one attached hydrogen (secondary N) is 2. The van der Waals surface area contributed by atoms with Crippen LogP contribution in [-0.4, -0.2) is 20.9 Å². The van der Waals surface area contributed by atoms with Gasteiger partial charge in [-0.3, -0.25) is 14.6 Å². The number of carbonyl (C=O) groups excluding carboxylic acids is 1. The van der Waals surface area contributed by atoms with Crippen molar-refractivity contribution in [2.75, 3.05) is 0 Å². The van der Waals surface area contributed by atoms with Gasteiger partial charge >= 0.3 is 0 Å². The van der Waals surface area contributed by atoms with E-state index in [2.05, 4.69) is 20.3 Å². The number of aryl methyl sites for hydroxylation is 1. The zero-order valence-corrected chi connectivity index (χ0v) is 17.5. The Morgan fingerprint density at radius 1 is 1.21 bits per heavy atom. The SMILES string of the molecule is Cc1nc(-c2ccncc2)[nH]c(=O)c1CCC(=O)N[C@@H](C)c1cc(Cl)ccc1Cl. The molecule has 0 radical (unpaired) electrons. The van der Waals surface area contributed by atoms with Crippen LogP contribution < -0.4 is 10.9 Å². The van der Waals surface area contributed by atoms with Gasteiger partial charge in [0.2, 0.25) is 5.91 Å². The van der Waals surface area contributed by atoms with E-state index in [0.717, 1.165) is 11.1 Å². The van der Waals surface area contributed by atoms with Crippen LogP contribution in [0.1, 0.15) is 36.2 Å². The molecule has 2 heterocycles. The molecule has 29 heavy (non-hydrogen) atoms. The molecule has 0 unspecified atom stereocenters. The Labute approximate surface area is 178 Å². The van der Waals surface area contributed by atoms with E-state index in [0.29, 0.717) is 27.1 Å². The third-order valence-electron chi connectivity index (χ3n) is 4.58. The number of carbonyl (C=O) groups is 1. The zero-order valence-electron chi connectivity index (χ0n) is 16.0. The molecule has 0 spiro atoms. The van der Waals surface area contributed by atoms with E-state index < -0.39 is 0 Å². The summed E-state index contributed by atoms with van der Waals surface area (Å²) < 4.78 is 0. The van der Waals surface area contributed by atoms with Gasteiger partial charge in [-0.05, 0) is 56.2 Å². The number of nitrogens with zero attached hydrogens (tertiary/aromatic N) is 2. The van der Waals surface area contributed by atoms with Gasteiger partial charge in [0, 0.05) is 45.7 Å². The van der Waals surface area contributed by atoms with Crippen molar-refractivity contribution < 1.29 is 4.79 Å². The number of H-pyrrole nitrogens is 1. The first-order valence-electron chi connectivity index (χ1n) is 9.09. The fourth-order valence-corrected chi connectivity index (χ4v) is 3.49. The third-order valence-corrected chi connectivity index (χ3v) is 5.16. The van der Waals surface area contributed by atoms with Crippen LogP contribution in [0.2, 0.25) is 10.0 Å². The van der Waals surface area contributed by atoms with E-state index in [4.69, 9.17) is 23.2 Å². The zero-order chi connectivity index (χ0) is 21.0. The maximum Gasteiger partial charge on any atom is 0.254 e. The molecular weight excluding hydrogens is 411 g/mol. The van der Waals surface area contributed by atoms with Crippen molar-refractivity contribution in [3.63, 3.8) is 0 Å². The minimum absolute atomic E-state index is 0.155. The van der Waals surface area contributed by atoms with Gasteiger partial charge in [-0.15, -0.1) is 0 Å². The van der Waals surface area contributed by atoms with Gasteiger partial charge in [0.05, 0.1) is 6.04 Å². The molecule has 0 saturated heterocycles. The predicted octanol–water partition coefficient (Wildman–Crippen LogP) is 4.26. The molecule has 8 heteroatoms. The number of hydrogen-bond acceptors (Lipinski definition) is 4. The fourth-order valence-electron chi connectivity index (χ4n) is 3.03. The number of rotatable bonds is 6. The van der Waals surface area contributed by atoms with Crippen LogP contribution >= 0.6 is 23.2 Å². The van der Waals surface area contributed by atoms with Crippen LogP contribution in [0.5, 0.6) is 0 Å². The lowest BCUT2D eigenvalue weighted by Gasteiger charge is -2.16. The topological polar surface area (TPSA) is 87.7 Å². The van der Waals surface area contributed by atoms with Gasteiger partial charge in [0.1, 0.15) is 5.82 Å². The molecule has 0 aliphatic carbocycles. The average molecular weight is 431 g/mol. The summed E-state index contributed by atoms with van der Waals surface area (Å²) in [6.45, 7) is 3.60. The first kappa shape index (κ1) is 21.0. The van der Waals surface area contributed by atoms with Crippen LogP contribution in [0.4, 0.5) is 0 Å². The molecule has 0 saturated carbocycles. The van der Waals surface area contributed by atoms with Crippen LogP contribution in [0.25, 0.3) is 11.4 Å². The molecule has 0 fully saturated rings. The van der Waals surface area contributed by atoms with E-state index in [1.807, 2.05) is 6.92 Å². The van der Waals surface area contributed by atoms with Crippen molar-refractivity contribution in [2.24, 2.45) is 0 Å². The highest BCUT2D eigenvalue weighted by Gasteiger charge is 2.15. The van der Waals surface area contributed by atoms with Crippen LogP contribution in [-0.2, 0) is 11.2 Å². The van der Waals surface area contributed by atoms with Gasteiger partial charge in [-0.2, -0.15) is 0 Å². The molecule has 150 valence electrons. The van der Waals surface area contributed by atoms with Crippen molar-refractivity contribution in [3.05, 3.63) is 79.9 Å². The van der Waals surface area contributed by atoms with Crippen molar-refractivity contribution in [3.8, 4) is 11.4 Å². The summed E-state index contributed by atoms with van der Waals surface area (Å²) in [7, 11) is 0. The Balaban J connectivity index is 1.67. The van der Waals surface area contributed by atoms with E-state index in [1.165, 1.54) is 0 Å². The lowest BCUT2D eigenvalue weighted by Crippen LogP contribution is -2.28. The van der Waals surface area contributed by atoms with Crippen molar-refractivity contribution in [2.45, 2.75) is 32.7 Å². The minimum atomic E-state index is -0.305. The summed E-state index contributed by atoms with van der Waals surface area (Å²) in [6, 6.07) is 8.35. The number of benzene rings is 1. The van der Waals surface area contributed by atoms with Crippen molar-refractivity contribution in [1.82, 2.24) is 20.3 Å². The second-order valence-electron chi connectivity index (χ2n) is 6.67. The molecule has 0 bridgehead atoms. The number of halogens is 2. The molecule has 3 rings (SSSR count). The summed E-state index contributed by atoms with van der Waals surface area (Å²) in [5.74, 6) is 0.290. The molecule has 2 aromatic heterocycles. The Bertz CT molecular complexity index is 1080. The number of amides is 1. The maximum absolute atomic E-state index is 12.5. The first-order chi connectivity index (χ1) is 13.8. The minimum Gasteiger partial charge on any atom is -0.350 e. The average Bonchev–Trinajstić information content (AvgIpc) is 2.69. The molecule has 0 aliphatic heterocycles. The highest BCUT2D eigenvalue weighted by Crippen LogP contribution is 2.26. The van der Waals surface area contributed by atoms with Gasteiger partial charge < -0.3 is 10.3 Å². The fraction of sp³-hybridized carbons (Fsp3) is 0.238. The Morgan fingerprint density at radius 3 is 2.62 bits per heavy atom. The molecule has 3 aromatic rings. The number of hydrogen-bond donors (Lipinski definition) is 2. The van der Waals surface area contributed by atoms with E-state index in [1.54, 1.807) is 49.6 Å². The molecule has 1 aromatic carbocycles. The maximum atomic E-state index is 12.5. The molecule has 2 N–H and O–H groups in total. The first-order valence-corrected chi connectivity index (χ1v) is 9.85. The van der Waals surface area contributed by atoms with E-state index >= 15 is 0 Å². The second kappa shape index (κ2) is 9.20. The number of pyridine rings is 1. The van der Waals surface area contributed by atoms with E-state index in [-0.39, 0.29) is 30.3 Å². The summed E-state index contributed by atoms with van der Waals surface area (Å²) in [5, 5.41) is 3.97. The van der Waals surface area contributed by atoms with Gasteiger partial charge in [0.25, 0.3) is 5.56 Å². The standard InChI is InChI=1S/C21H20Cl2N4O2/c1-12-16(21(29)27-20(26-12)14-7-9-24-10-8-14)4-6-19(28)25-13(2)17-11-15(22)3-5-18(17)23/h3,5,7-11,13H,4,6H2,1-2H3,(H,25,28)(H,26,27,29)/t13-/m0/s1. The Hall–Kier alpha value is -2.70. The normalized spacial score (nSPS) is 11.9. The highest BCUT2D eigenvalue weighted by molar-refractivity contribution is 6.33. The molecule has 0 aliphatic rings. The Morgan fingerprint density at radius 2 is 1.93 bits per heavy atom. The van der Waals surface area contributed by atoms with Crippen LogP contribution in [0.3, 0.4) is 0 Å². The van der Waals surface area contributed by atoms with Crippen LogP contribution in [0.15, 0.2) is 47.5 Å². The van der Waals surface area contributed by atoms with Gasteiger partial charge in [0.15, 0.2) is 0 Å². The number of aromatic amines is 1. The second-order valence-corrected chi connectivity index (χ2v) is 7.51. The Kier molecular flexibility index (Phi) is 6.67. The van der Waals surface area contributed by atoms with E-state index in [9.17, 15) is 9.59 Å². The monoisotopic (exact) mass is 430 g/mol. The van der Waals surface area contributed by atoms with Gasteiger partial charge in [-0.1, -0.05) is 23.2 Å². The summed E-state index contributed by atoms with van der Waals surface area (Å²) in [6.07, 6.45) is 3.71. The summed E-state index contributed by atoms with van der Waals surface area (Å²) in [4.78, 5) is 36.1. The highest BCUT2D eigenvalue weighted by atomic mass is 35.5. The molecule has 6 nitrogen and oxygen atoms in total. The van der Waals surface area contributed by atoms with Crippen LogP contribution in [0, 0.1) is 6.92 Å². The molecule has 1 amide bonds. The molecule has 1 atom stereocenters. The predicted molar refractivity (Wildman–Crippen MR) is 114 cm³/mol. The summed E-state index contributed by atoms with van der Waals surface area (Å²) >= 11 is 12.2. The molecular formula is C21H20Cl2N4O2. The smallest absolute Gasteiger partial charge is 0.254 e. The largest absolute Gasteiger partial charge is 0.350 e. The van der Waals surface area contributed by atoms with Crippen molar-refractivity contribution in [1.29, 1.82) is 0 Å². The lowest BCUT2D eigenvalue weighted by atomic mass is 10.1. The quantitative estimate of drug-likeness (QED) is 0.611.